The molecule has 0 bridgehead atoms. The minimum atomic E-state index is -4.44. The van der Waals surface area contributed by atoms with E-state index in [4.69, 9.17) is 0 Å². The second-order valence-electron chi connectivity index (χ2n) is 6.06. The molecule has 8 heteroatoms. The monoisotopic (exact) mass is 338 g/mol. The first-order chi connectivity index (χ1) is 11.3. The van der Waals surface area contributed by atoms with Crippen LogP contribution in [0, 0.1) is 0 Å². The van der Waals surface area contributed by atoms with E-state index >= 15 is 0 Å². The normalized spacial score (nSPS) is 14.8. The van der Waals surface area contributed by atoms with E-state index in [0.717, 1.165) is 31.8 Å². The van der Waals surface area contributed by atoms with Gasteiger partial charge in [0.1, 0.15) is 0 Å². The molecule has 1 aliphatic rings. The van der Waals surface area contributed by atoms with Gasteiger partial charge in [-0.25, -0.2) is 9.67 Å². The molecule has 0 radical (unpaired) electrons. The number of halogens is 3. The van der Waals surface area contributed by atoms with Gasteiger partial charge in [0.2, 0.25) is 0 Å². The molecule has 1 fully saturated rings. The Morgan fingerprint density at radius 3 is 2.38 bits per heavy atom. The topological polar surface area (TPSA) is 51.0 Å². The third kappa shape index (κ3) is 2.88. The minimum absolute atomic E-state index is 0.0307. The van der Waals surface area contributed by atoms with Crippen molar-refractivity contribution in [2.45, 2.75) is 32.4 Å². The van der Waals surface area contributed by atoms with Crippen LogP contribution >= 0.6 is 0 Å². The highest BCUT2D eigenvalue weighted by Gasteiger charge is 2.31. The van der Waals surface area contributed by atoms with Crippen LogP contribution in [-0.2, 0) is 6.18 Å². The smallest absolute Gasteiger partial charge is 0.338 e. The molecule has 5 nitrogen and oxygen atoms in total. The number of nitrogens with zero attached hydrogens (tertiary/aromatic N) is 4. The number of hydrogen-bond donors (Lipinski definition) is 0. The second-order valence-corrected chi connectivity index (χ2v) is 6.06. The fourth-order valence-corrected chi connectivity index (χ4v) is 2.63. The Morgan fingerprint density at radius 1 is 1.21 bits per heavy atom. The van der Waals surface area contributed by atoms with Crippen molar-refractivity contribution >= 4 is 5.91 Å². The minimum Gasteiger partial charge on any atom is -0.338 e. The van der Waals surface area contributed by atoms with Crippen LogP contribution in [0.5, 0.6) is 0 Å². The van der Waals surface area contributed by atoms with Gasteiger partial charge in [-0.2, -0.15) is 18.3 Å². The number of likely N-dealkylation sites (tertiary alicyclic amines) is 1. The number of hydrogen-bond acceptors (Lipinski definition) is 3. The molecule has 1 aliphatic heterocycles. The van der Waals surface area contributed by atoms with Gasteiger partial charge in [-0.15, -0.1) is 0 Å². The molecule has 3 heterocycles. The van der Waals surface area contributed by atoms with Gasteiger partial charge >= 0.3 is 6.18 Å². The quantitative estimate of drug-likeness (QED) is 0.863. The van der Waals surface area contributed by atoms with Crippen LogP contribution in [0.15, 0.2) is 24.5 Å². The van der Waals surface area contributed by atoms with Crippen molar-refractivity contribution < 1.29 is 18.0 Å². The van der Waals surface area contributed by atoms with Gasteiger partial charge in [0, 0.05) is 19.3 Å². The molecule has 1 amide bonds. The molecule has 0 aromatic carbocycles. The maximum Gasteiger partial charge on any atom is 0.417 e. The maximum absolute atomic E-state index is 12.7. The average Bonchev–Trinajstić information content (AvgIpc) is 2.89. The van der Waals surface area contributed by atoms with E-state index in [2.05, 4.69) is 10.1 Å². The molecule has 128 valence electrons. The zero-order valence-electron chi connectivity index (χ0n) is 13.3. The third-order valence-electron chi connectivity index (χ3n) is 4.02. The molecule has 0 unspecified atom stereocenters. The third-order valence-corrected chi connectivity index (χ3v) is 4.02. The fourth-order valence-electron chi connectivity index (χ4n) is 2.63. The van der Waals surface area contributed by atoms with E-state index in [1.807, 2.05) is 13.8 Å². The lowest BCUT2D eigenvalue weighted by Crippen LogP contribution is -2.42. The Morgan fingerprint density at radius 2 is 1.92 bits per heavy atom. The van der Waals surface area contributed by atoms with Crippen molar-refractivity contribution in [1.82, 2.24) is 19.7 Å². The molecule has 0 aliphatic carbocycles. The van der Waals surface area contributed by atoms with E-state index < -0.39 is 11.7 Å². The Labute approximate surface area is 137 Å². The van der Waals surface area contributed by atoms with Crippen LogP contribution in [0.25, 0.3) is 5.82 Å². The zero-order chi connectivity index (χ0) is 17.5. The van der Waals surface area contributed by atoms with E-state index in [1.54, 1.807) is 4.90 Å². The highest BCUT2D eigenvalue weighted by Crippen LogP contribution is 2.30. The number of carbonyl (C=O) groups is 1. The average molecular weight is 338 g/mol. The Kier molecular flexibility index (Phi) is 4.06. The number of carbonyl (C=O) groups excluding carboxylic acids is 1. The number of aromatic nitrogens is 3. The van der Waals surface area contributed by atoms with Gasteiger partial charge in [-0.1, -0.05) is 13.8 Å². The van der Waals surface area contributed by atoms with Crippen LogP contribution in [0.4, 0.5) is 13.2 Å². The molecule has 2 aromatic rings. The lowest BCUT2D eigenvalue weighted by molar-refractivity contribution is -0.137. The van der Waals surface area contributed by atoms with Crippen LogP contribution in [0.1, 0.15) is 47.8 Å². The molecule has 0 atom stereocenters. The largest absolute Gasteiger partial charge is 0.417 e. The van der Waals surface area contributed by atoms with E-state index in [0.29, 0.717) is 11.3 Å². The first-order valence-corrected chi connectivity index (χ1v) is 7.70. The molecule has 0 N–H and O–H groups in total. The summed E-state index contributed by atoms with van der Waals surface area (Å²) in [7, 11) is 0. The lowest BCUT2D eigenvalue weighted by Gasteiger charge is -2.31. The van der Waals surface area contributed by atoms with Crippen molar-refractivity contribution in [3.05, 3.63) is 41.3 Å². The second kappa shape index (κ2) is 5.92. The molecule has 3 rings (SSSR count). The SMILES string of the molecule is CC(C)c1c(C(=O)N2CCC2)cnn1-c1ccc(C(F)(F)F)cn1. The molecule has 1 saturated heterocycles. The number of pyridine rings is 1. The van der Waals surface area contributed by atoms with E-state index in [9.17, 15) is 18.0 Å². The van der Waals surface area contributed by atoms with Gasteiger partial charge in [0.25, 0.3) is 5.91 Å². The summed E-state index contributed by atoms with van der Waals surface area (Å²) in [6, 6.07) is 2.23. The number of amides is 1. The summed E-state index contributed by atoms with van der Waals surface area (Å²) >= 11 is 0. The molecule has 2 aromatic heterocycles. The van der Waals surface area contributed by atoms with Gasteiger partial charge in [0.15, 0.2) is 5.82 Å². The van der Waals surface area contributed by atoms with Crippen molar-refractivity contribution in [2.24, 2.45) is 0 Å². The van der Waals surface area contributed by atoms with Crippen molar-refractivity contribution in [2.75, 3.05) is 13.1 Å². The summed E-state index contributed by atoms with van der Waals surface area (Å²) in [6.45, 7) is 5.26. The summed E-state index contributed by atoms with van der Waals surface area (Å²) in [5, 5.41) is 4.19. The van der Waals surface area contributed by atoms with Gasteiger partial charge in [-0.05, 0) is 24.5 Å². The predicted molar refractivity (Wildman–Crippen MR) is 81.0 cm³/mol. The summed E-state index contributed by atoms with van der Waals surface area (Å²) in [6.07, 6.45) is -1.21. The molecule has 24 heavy (non-hydrogen) atoms. The lowest BCUT2D eigenvalue weighted by atomic mass is 10.0. The number of rotatable bonds is 3. The molecular formula is C16H17F3N4O. The van der Waals surface area contributed by atoms with Crippen molar-refractivity contribution in [3.63, 3.8) is 0 Å². The van der Waals surface area contributed by atoms with E-state index in [1.165, 1.54) is 16.9 Å². The van der Waals surface area contributed by atoms with Crippen LogP contribution in [0.3, 0.4) is 0 Å². The zero-order valence-corrected chi connectivity index (χ0v) is 13.3. The van der Waals surface area contributed by atoms with Crippen LogP contribution in [-0.4, -0.2) is 38.7 Å². The Bertz CT molecular complexity index is 746. The van der Waals surface area contributed by atoms with Crippen molar-refractivity contribution in [1.29, 1.82) is 0 Å². The standard InChI is InChI=1S/C16H17F3N4O/c1-10(2)14-12(15(24)22-6-3-7-22)9-21-23(14)13-5-4-11(8-20-13)16(17,18)19/h4-5,8-10H,3,6-7H2,1-2H3. The van der Waals surface area contributed by atoms with E-state index in [-0.39, 0.29) is 17.6 Å². The molecule has 0 saturated carbocycles. The van der Waals surface area contributed by atoms with Gasteiger partial charge in [-0.3, -0.25) is 4.79 Å². The predicted octanol–water partition coefficient (Wildman–Crippen LogP) is 3.26. The number of alkyl halides is 3. The first kappa shape index (κ1) is 16.5. The van der Waals surface area contributed by atoms with Crippen molar-refractivity contribution in [3.8, 4) is 5.82 Å². The summed E-state index contributed by atoms with van der Waals surface area (Å²) in [5.41, 5.74) is 0.312. The Hall–Kier alpha value is -2.38. The van der Waals surface area contributed by atoms with Gasteiger partial charge in [0.05, 0.1) is 23.0 Å². The Balaban J connectivity index is 1.99. The molecular weight excluding hydrogens is 321 g/mol. The van der Waals surface area contributed by atoms with Crippen LogP contribution < -0.4 is 0 Å². The first-order valence-electron chi connectivity index (χ1n) is 7.70. The highest BCUT2D eigenvalue weighted by molar-refractivity contribution is 5.95. The maximum atomic E-state index is 12.7. The van der Waals surface area contributed by atoms with Crippen LogP contribution in [0.2, 0.25) is 0 Å². The summed E-state index contributed by atoms with van der Waals surface area (Å²) < 4.78 is 39.4. The van der Waals surface area contributed by atoms with Gasteiger partial charge < -0.3 is 4.90 Å². The highest BCUT2D eigenvalue weighted by atomic mass is 19.4. The fraction of sp³-hybridized carbons (Fsp3) is 0.438. The molecule has 0 spiro atoms. The summed E-state index contributed by atoms with van der Waals surface area (Å²) in [5.74, 6) is 0.134. The summed E-state index contributed by atoms with van der Waals surface area (Å²) in [4.78, 5) is 18.1.